The number of Topliss-reactive ketones (excluding diaryl/α,β-unsaturated/α-hetero) is 1. The highest BCUT2D eigenvalue weighted by Gasteiger charge is 2.44. The number of carbonyl (C=O) groups is 1. The van der Waals surface area contributed by atoms with Gasteiger partial charge in [-0.3, -0.25) is 4.79 Å². The molecule has 3 heteroatoms. The van der Waals surface area contributed by atoms with Crippen molar-refractivity contribution in [2.24, 2.45) is 5.92 Å². The average molecular weight is 363 g/mol. The molecule has 1 aromatic rings. The van der Waals surface area contributed by atoms with E-state index in [4.69, 9.17) is 4.43 Å². The van der Waals surface area contributed by atoms with Gasteiger partial charge in [-0.25, -0.2) is 0 Å². The number of benzene rings is 1. The lowest BCUT2D eigenvalue weighted by molar-refractivity contribution is 0.0872. The fourth-order valence-electron chi connectivity index (χ4n) is 3.04. The van der Waals surface area contributed by atoms with Crippen LogP contribution >= 0.6 is 0 Å². The summed E-state index contributed by atoms with van der Waals surface area (Å²) >= 11 is 0. The third kappa shape index (κ3) is 6.38. The van der Waals surface area contributed by atoms with E-state index >= 15 is 0 Å². The molecule has 1 atom stereocenters. The molecule has 0 amide bonds. The molecule has 0 heterocycles. The standard InChI is InChI=1S/C22H38O2Si/c1-8-9-11-16-20(17-21(23)19-14-12-10-13-15-19)24-25(6,7)22(4,5)18(2)3/h10,12-15,18,20H,8-9,11,16-17H2,1-7H3. The van der Waals surface area contributed by atoms with Gasteiger partial charge in [0.05, 0.1) is 6.10 Å². The Morgan fingerprint density at radius 2 is 1.72 bits per heavy atom. The van der Waals surface area contributed by atoms with E-state index in [-0.39, 0.29) is 16.9 Å². The quantitative estimate of drug-likeness (QED) is 0.244. The van der Waals surface area contributed by atoms with Crippen LogP contribution in [0.4, 0.5) is 0 Å². The molecule has 25 heavy (non-hydrogen) atoms. The predicted molar refractivity (Wildman–Crippen MR) is 111 cm³/mol. The lowest BCUT2D eigenvalue weighted by atomic mass is 9.99. The summed E-state index contributed by atoms with van der Waals surface area (Å²) in [5.74, 6) is 0.768. The summed E-state index contributed by atoms with van der Waals surface area (Å²) in [4.78, 5) is 12.7. The number of ketones is 1. The average Bonchev–Trinajstić information content (AvgIpc) is 2.55. The fraction of sp³-hybridized carbons (Fsp3) is 0.682. The second-order valence-electron chi connectivity index (χ2n) is 8.62. The number of rotatable bonds is 11. The molecule has 0 bridgehead atoms. The molecule has 1 aromatic carbocycles. The highest BCUT2D eigenvalue weighted by atomic mass is 28.4. The fourth-order valence-corrected chi connectivity index (χ4v) is 5.77. The molecule has 0 fully saturated rings. The van der Waals surface area contributed by atoms with Gasteiger partial charge in [-0.15, -0.1) is 0 Å². The van der Waals surface area contributed by atoms with E-state index in [0.717, 1.165) is 18.4 Å². The molecule has 0 aliphatic carbocycles. The second kappa shape index (κ2) is 9.68. The van der Waals surface area contributed by atoms with Gasteiger partial charge in [0.25, 0.3) is 0 Å². The lowest BCUT2D eigenvalue weighted by Gasteiger charge is -2.44. The minimum Gasteiger partial charge on any atom is -0.413 e. The molecule has 2 nitrogen and oxygen atoms in total. The zero-order chi connectivity index (χ0) is 19.1. The van der Waals surface area contributed by atoms with Gasteiger partial charge in [0, 0.05) is 12.0 Å². The summed E-state index contributed by atoms with van der Waals surface area (Å²) in [6.07, 6.45) is 5.05. The zero-order valence-corrected chi connectivity index (χ0v) is 18.4. The van der Waals surface area contributed by atoms with Gasteiger partial charge in [0.2, 0.25) is 0 Å². The van der Waals surface area contributed by atoms with Crippen molar-refractivity contribution in [3.8, 4) is 0 Å². The maximum Gasteiger partial charge on any atom is 0.192 e. The van der Waals surface area contributed by atoms with Gasteiger partial charge in [-0.1, -0.05) is 84.2 Å². The Hall–Kier alpha value is -0.933. The van der Waals surface area contributed by atoms with Crippen LogP contribution in [0.15, 0.2) is 30.3 Å². The van der Waals surface area contributed by atoms with Crippen molar-refractivity contribution in [2.45, 2.75) is 91.0 Å². The van der Waals surface area contributed by atoms with E-state index < -0.39 is 8.32 Å². The van der Waals surface area contributed by atoms with Crippen molar-refractivity contribution in [1.29, 1.82) is 0 Å². The normalized spacial score (nSPS) is 13.9. The molecular formula is C22H38O2Si. The van der Waals surface area contributed by atoms with Crippen molar-refractivity contribution >= 4 is 14.1 Å². The van der Waals surface area contributed by atoms with E-state index in [1.807, 2.05) is 30.3 Å². The number of carbonyl (C=O) groups excluding carboxylic acids is 1. The lowest BCUT2D eigenvalue weighted by Crippen LogP contribution is -2.48. The van der Waals surface area contributed by atoms with E-state index in [9.17, 15) is 4.79 Å². The largest absolute Gasteiger partial charge is 0.413 e. The van der Waals surface area contributed by atoms with E-state index in [1.54, 1.807) is 0 Å². The number of unbranched alkanes of at least 4 members (excludes halogenated alkanes) is 2. The van der Waals surface area contributed by atoms with Crippen molar-refractivity contribution in [3.63, 3.8) is 0 Å². The van der Waals surface area contributed by atoms with E-state index in [1.165, 1.54) is 12.8 Å². The minimum atomic E-state index is -1.94. The Kier molecular flexibility index (Phi) is 8.56. The summed E-state index contributed by atoms with van der Waals surface area (Å²) in [5.41, 5.74) is 0.800. The maximum absolute atomic E-state index is 12.7. The van der Waals surface area contributed by atoms with Crippen LogP contribution in [0.25, 0.3) is 0 Å². The smallest absolute Gasteiger partial charge is 0.192 e. The molecule has 1 unspecified atom stereocenters. The van der Waals surface area contributed by atoms with E-state index in [2.05, 4.69) is 47.7 Å². The summed E-state index contributed by atoms with van der Waals surface area (Å²) < 4.78 is 6.72. The Labute approximate surface area is 156 Å². The minimum absolute atomic E-state index is 0.0407. The van der Waals surface area contributed by atoms with Gasteiger partial charge in [-0.05, 0) is 30.5 Å². The van der Waals surface area contributed by atoms with Crippen LogP contribution in [0.3, 0.4) is 0 Å². The highest BCUT2D eigenvalue weighted by Crippen LogP contribution is 2.45. The molecular weight excluding hydrogens is 324 g/mol. The first kappa shape index (κ1) is 22.1. The third-order valence-electron chi connectivity index (χ3n) is 6.09. The van der Waals surface area contributed by atoms with Crippen LogP contribution in [0, 0.1) is 5.92 Å². The van der Waals surface area contributed by atoms with Gasteiger partial charge in [0.1, 0.15) is 0 Å². The van der Waals surface area contributed by atoms with Crippen LogP contribution in [-0.4, -0.2) is 20.2 Å². The van der Waals surface area contributed by atoms with Crippen LogP contribution in [-0.2, 0) is 4.43 Å². The summed E-state index contributed by atoms with van der Waals surface area (Å²) in [6.45, 7) is 16.0. The summed E-state index contributed by atoms with van der Waals surface area (Å²) in [7, 11) is -1.94. The van der Waals surface area contributed by atoms with Crippen molar-refractivity contribution in [3.05, 3.63) is 35.9 Å². The van der Waals surface area contributed by atoms with Gasteiger partial charge >= 0.3 is 0 Å². The topological polar surface area (TPSA) is 26.3 Å². The Morgan fingerprint density at radius 3 is 2.24 bits per heavy atom. The van der Waals surface area contributed by atoms with Gasteiger partial charge in [-0.2, -0.15) is 0 Å². The molecule has 0 saturated heterocycles. The van der Waals surface area contributed by atoms with Crippen LogP contribution in [0.1, 0.15) is 77.1 Å². The first-order valence-electron chi connectivity index (χ1n) is 9.88. The molecule has 0 aromatic heterocycles. The highest BCUT2D eigenvalue weighted by molar-refractivity contribution is 6.74. The predicted octanol–water partition coefficient (Wildman–Crippen LogP) is 6.87. The molecule has 0 aliphatic heterocycles. The number of hydrogen-bond acceptors (Lipinski definition) is 2. The summed E-state index contributed by atoms with van der Waals surface area (Å²) in [5, 5.41) is 0.172. The first-order valence-corrected chi connectivity index (χ1v) is 12.8. The monoisotopic (exact) mass is 362 g/mol. The number of hydrogen-bond donors (Lipinski definition) is 0. The van der Waals surface area contributed by atoms with Crippen molar-refractivity contribution in [2.75, 3.05) is 0 Å². The Balaban J connectivity index is 2.87. The SMILES string of the molecule is CCCCCC(CC(=O)c1ccccc1)O[Si](C)(C)C(C)(C)C(C)C. The van der Waals surface area contributed by atoms with Crippen LogP contribution < -0.4 is 0 Å². The summed E-state index contributed by atoms with van der Waals surface area (Å²) in [6, 6.07) is 9.63. The molecule has 0 saturated carbocycles. The molecule has 0 N–H and O–H groups in total. The van der Waals surface area contributed by atoms with Crippen molar-refractivity contribution in [1.82, 2.24) is 0 Å². The Bertz CT molecular complexity index is 520. The molecule has 142 valence electrons. The second-order valence-corrected chi connectivity index (χ2v) is 13.2. The molecule has 0 spiro atoms. The van der Waals surface area contributed by atoms with Crippen molar-refractivity contribution < 1.29 is 9.22 Å². The first-order chi connectivity index (χ1) is 11.6. The van der Waals surface area contributed by atoms with Crippen LogP contribution in [0.2, 0.25) is 18.1 Å². The van der Waals surface area contributed by atoms with Gasteiger partial charge < -0.3 is 4.43 Å². The molecule has 0 aliphatic rings. The zero-order valence-electron chi connectivity index (χ0n) is 17.4. The molecule has 1 rings (SSSR count). The Morgan fingerprint density at radius 1 is 1.12 bits per heavy atom. The maximum atomic E-state index is 12.7. The third-order valence-corrected chi connectivity index (χ3v) is 10.7. The van der Waals surface area contributed by atoms with E-state index in [0.29, 0.717) is 12.3 Å². The van der Waals surface area contributed by atoms with Crippen LogP contribution in [0.5, 0.6) is 0 Å². The molecule has 0 radical (unpaired) electrons. The van der Waals surface area contributed by atoms with Gasteiger partial charge in [0.15, 0.2) is 14.1 Å².